The molecule has 0 aromatic rings. The molecule has 0 aromatic carbocycles. The molecule has 25 aliphatic rings. The van der Waals surface area contributed by atoms with Crippen molar-refractivity contribution >= 4 is 59.7 Å². The molecule has 0 aromatic heterocycles. The molecule has 24 bridgehead atoms. The van der Waals surface area contributed by atoms with Gasteiger partial charge in [-0.25, -0.2) is 43.2 Å². The van der Waals surface area contributed by atoms with Crippen LogP contribution in [0.3, 0.4) is 0 Å². The Morgan fingerprint density at radius 3 is 1.01 bits per heavy atom. The second-order valence-electron chi connectivity index (χ2n) is 49.6. The van der Waals surface area contributed by atoms with Crippen molar-refractivity contribution < 1.29 is 138 Å². The first-order valence-electron chi connectivity index (χ1n) is 55.3. The zero-order valence-corrected chi connectivity index (χ0v) is 89.5. The molecule has 144 heavy (non-hydrogen) atoms. The number of carbonyl (C=O) groups excluding carboxylic acids is 10. The van der Waals surface area contributed by atoms with Crippen LogP contribution in [0.1, 0.15) is 361 Å². The van der Waals surface area contributed by atoms with E-state index in [9.17, 15) is 47.9 Å². The number of hydrogen-bond acceptors (Lipinski definition) is 29. The van der Waals surface area contributed by atoms with Crippen molar-refractivity contribution in [3.05, 3.63) is 60.8 Å². The fourth-order valence-electron chi connectivity index (χ4n) is 32.4. The largest absolute Gasteiger partial charge is 0.458 e. The highest BCUT2D eigenvalue weighted by molar-refractivity contribution is 5.89. The van der Waals surface area contributed by atoms with Crippen LogP contribution in [0.5, 0.6) is 0 Å². The van der Waals surface area contributed by atoms with Crippen molar-refractivity contribution in [1.82, 2.24) is 0 Å². The minimum Gasteiger partial charge on any atom is -0.458 e. The molecule has 29 nitrogen and oxygen atoms in total. The molecule has 25 fully saturated rings. The zero-order chi connectivity index (χ0) is 104. The summed E-state index contributed by atoms with van der Waals surface area (Å²) in [5.41, 5.74) is -1.88. The van der Waals surface area contributed by atoms with Gasteiger partial charge in [0.2, 0.25) is 12.6 Å². The van der Waals surface area contributed by atoms with E-state index in [1.165, 1.54) is 32.1 Å². The standard InChI is InChI=1S/C26H36O5.2C23H36O6.C22H32O6.C21H32O6/c1-14(2)24(27)31-23-20-8-17-9-21(23)12-26(10-17,11-20)25(28)30-13-29-22-18-4-15-3-16(6-18)7-19(22)5-15;1-14(2)12-26-17(6)27-21(25)16(5)28-22-8-18-7-19(9-22)11-23(10-18,13-22)29-20(24)15(3)4;1-6-8-19(26-7-2)27-21(25)16(5)28-22-10-17-9-18(11-22)13-23(12-17,14-22)29-20(24)15(3)4;1-14(2)19(23)28-22-11-16-8-17(12-22)10-21(9-16,13-22)27-15(3)20(24)26-18-6-4-5-7-25-18;1-6-24-15(5)25-19(23)14(4)26-20-8-16-7-17(9-20)11-21(10-16,12-20)27-18(22)13(2)3/h15-23H,1,3-13H2,2H3;14,16-19H,3,7-13H2,1-2,4-6H3;16-19H,3,6-14H2,1-2,4-5H3;15-18H,1,4-13H2,2-3H3;14-17H,2,6-12H2,1,3-5H3. The van der Waals surface area contributed by atoms with Crippen molar-refractivity contribution in [3.8, 4) is 0 Å². The third-order valence-corrected chi connectivity index (χ3v) is 35.4. The molecule has 806 valence electrons. The van der Waals surface area contributed by atoms with Gasteiger partial charge in [0, 0.05) is 79.6 Å². The Balaban J connectivity index is 0.000000136. The molecule has 0 N–H and O–H groups in total. The van der Waals surface area contributed by atoms with Gasteiger partial charge >= 0.3 is 59.7 Å². The Labute approximate surface area is 855 Å². The van der Waals surface area contributed by atoms with Crippen LogP contribution < -0.4 is 0 Å². The molecule has 0 radical (unpaired) electrons. The second kappa shape index (κ2) is 45.7. The fraction of sp³-hybridized carbons (Fsp3) is 0.826. The lowest BCUT2D eigenvalue weighted by molar-refractivity contribution is -0.250. The number of ether oxygens (including phenoxy) is 19. The van der Waals surface area contributed by atoms with E-state index in [1.54, 1.807) is 76.2 Å². The average Bonchev–Trinajstić information content (AvgIpc) is 0.730. The minimum atomic E-state index is -0.690. The Kier molecular flexibility index (Phi) is 35.3. The van der Waals surface area contributed by atoms with Gasteiger partial charge in [-0.3, -0.25) is 4.79 Å². The minimum absolute atomic E-state index is 0.0639. The number of rotatable bonds is 39. The summed E-state index contributed by atoms with van der Waals surface area (Å²) in [6, 6.07) is 0. The summed E-state index contributed by atoms with van der Waals surface area (Å²) in [5, 5.41) is 0. The molecule has 1 heterocycles. The van der Waals surface area contributed by atoms with Gasteiger partial charge in [-0.15, -0.1) is 0 Å². The number of esters is 10. The Morgan fingerprint density at radius 2 is 0.674 bits per heavy atom. The van der Waals surface area contributed by atoms with Crippen LogP contribution in [0.25, 0.3) is 0 Å². The summed E-state index contributed by atoms with van der Waals surface area (Å²) in [6.07, 6.45) is 32.5. The monoisotopic (exact) mass is 2020 g/mol. The Bertz CT molecular complexity index is 4560. The van der Waals surface area contributed by atoms with E-state index in [-0.39, 0.29) is 72.5 Å². The molecule has 1 saturated heterocycles. The van der Waals surface area contributed by atoms with Crippen molar-refractivity contribution in [2.45, 2.75) is 468 Å². The molecule has 18 unspecified atom stereocenters. The third kappa shape index (κ3) is 26.6. The molecule has 24 saturated carbocycles. The summed E-state index contributed by atoms with van der Waals surface area (Å²) in [7, 11) is 0. The summed E-state index contributed by atoms with van der Waals surface area (Å²) in [4.78, 5) is 124. The molecular formula is C115H172O29. The number of carbonyl (C=O) groups is 10. The van der Waals surface area contributed by atoms with Crippen LogP contribution in [0.2, 0.25) is 0 Å². The number of hydrogen-bond donors (Lipinski definition) is 0. The van der Waals surface area contributed by atoms with Crippen molar-refractivity contribution in [2.75, 3.05) is 33.2 Å². The van der Waals surface area contributed by atoms with Crippen LogP contribution in [-0.4, -0.2) is 200 Å². The van der Waals surface area contributed by atoms with E-state index in [1.807, 2.05) is 34.6 Å². The Hall–Kier alpha value is -6.96. The van der Waals surface area contributed by atoms with Crippen molar-refractivity contribution in [3.63, 3.8) is 0 Å². The van der Waals surface area contributed by atoms with Crippen LogP contribution in [0.15, 0.2) is 60.8 Å². The van der Waals surface area contributed by atoms with Crippen molar-refractivity contribution in [2.24, 2.45) is 100 Å². The molecule has 0 spiro atoms. The van der Waals surface area contributed by atoms with Gasteiger partial charge in [0.15, 0.2) is 43.8 Å². The maximum Gasteiger partial charge on any atom is 0.337 e. The molecule has 18 atom stereocenters. The van der Waals surface area contributed by atoms with Crippen molar-refractivity contribution in [1.29, 1.82) is 0 Å². The molecule has 0 amide bonds. The second-order valence-corrected chi connectivity index (χ2v) is 49.6. The molecule has 24 aliphatic carbocycles. The smallest absolute Gasteiger partial charge is 0.337 e. The highest BCUT2D eigenvalue weighted by atomic mass is 16.7. The highest BCUT2D eigenvalue weighted by Crippen LogP contribution is 2.67. The summed E-state index contributed by atoms with van der Waals surface area (Å²) >= 11 is 0. The lowest BCUT2D eigenvalue weighted by atomic mass is 9.48. The average molecular weight is 2020 g/mol. The van der Waals surface area contributed by atoms with Crippen LogP contribution in [-0.2, 0) is 138 Å². The molecule has 25 rings (SSSR count). The van der Waals surface area contributed by atoms with E-state index in [4.69, 9.17) is 90.0 Å². The van der Waals surface area contributed by atoms with Gasteiger partial charge < -0.3 is 90.0 Å². The van der Waals surface area contributed by atoms with E-state index < -0.39 is 112 Å². The quantitative estimate of drug-likeness (QED) is 0.0239. The maximum atomic E-state index is 13.3. The normalized spacial score (nSPS) is 39.0. The van der Waals surface area contributed by atoms with Gasteiger partial charge in [-0.2, -0.15) is 0 Å². The van der Waals surface area contributed by atoms with E-state index in [2.05, 4.69) is 32.9 Å². The van der Waals surface area contributed by atoms with Gasteiger partial charge in [0.1, 0.15) is 28.5 Å². The van der Waals surface area contributed by atoms with Crippen LogP contribution in [0.4, 0.5) is 0 Å². The lowest BCUT2D eigenvalue weighted by Gasteiger charge is -2.61. The zero-order valence-electron chi connectivity index (χ0n) is 89.5. The van der Waals surface area contributed by atoms with E-state index >= 15 is 0 Å². The SMILES string of the molecule is C=C(C)C(=O)OC12CC3CC(C1)CC(OC(C)C(=O)OC(C)OCC(C)C)(C3)C2.C=C(C)C(=O)OC12CC3CC(C1)CC(OC(C)C(=O)OC(C)OCC)(C3)C2.C=C(C)C(=O)OC12CC3CC(C1)CC(OC(C)C(=O)OC(CCC)OCC)(C3)C2.C=C(C)C(=O)OC12CC3CC(C1)CC(OC(C)C(=O)OC1CCCCO1)(C3)C2.C=C(C)C(=O)OC1C2CC3CC1CC(C(=O)OCOC1C4CC5CC(C4)CC1C5)(C3)C2. The first kappa shape index (κ1) is 111. The van der Waals surface area contributed by atoms with E-state index in [0.717, 1.165) is 198 Å². The third-order valence-electron chi connectivity index (χ3n) is 35.4. The molecule has 29 heteroatoms. The summed E-state index contributed by atoms with van der Waals surface area (Å²) in [5.74, 6) is 5.16. The fourth-order valence-corrected chi connectivity index (χ4v) is 32.4. The van der Waals surface area contributed by atoms with Gasteiger partial charge in [-0.1, -0.05) is 60.1 Å². The first-order valence-corrected chi connectivity index (χ1v) is 55.3. The van der Waals surface area contributed by atoms with Gasteiger partial charge in [-0.05, 0) is 390 Å². The van der Waals surface area contributed by atoms with Gasteiger partial charge in [0.05, 0.1) is 47.1 Å². The topological polar surface area (TPSA) is 346 Å². The van der Waals surface area contributed by atoms with Gasteiger partial charge in [0.25, 0.3) is 0 Å². The van der Waals surface area contributed by atoms with E-state index in [0.29, 0.717) is 164 Å². The highest BCUT2D eigenvalue weighted by Gasteiger charge is 2.67. The molecule has 1 aliphatic heterocycles. The first-order chi connectivity index (χ1) is 68.0. The predicted molar refractivity (Wildman–Crippen MR) is 530 cm³/mol. The molecular weight excluding hydrogens is 1850 g/mol. The van der Waals surface area contributed by atoms with Crippen LogP contribution >= 0.6 is 0 Å². The van der Waals surface area contributed by atoms with Crippen LogP contribution in [0, 0.1) is 100 Å². The lowest BCUT2D eigenvalue weighted by Crippen LogP contribution is -2.62. The maximum absolute atomic E-state index is 13.3. The summed E-state index contributed by atoms with van der Waals surface area (Å²) < 4.78 is 111. The predicted octanol–water partition coefficient (Wildman–Crippen LogP) is 20.3. The summed E-state index contributed by atoms with van der Waals surface area (Å²) in [6.45, 7) is 49.5. The Morgan fingerprint density at radius 1 is 0.340 bits per heavy atom.